The van der Waals surface area contributed by atoms with Gasteiger partial charge in [-0.1, -0.05) is 76.2 Å². The zero-order valence-electron chi connectivity index (χ0n) is 13.8. The predicted octanol–water partition coefficient (Wildman–Crippen LogP) is 5.84. The van der Waals surface area contributed by atoms with Crippen LogP contribution in [0.2, 0.25) is 0 Å². The van der Waals surface area contributed by atoms with E-state index in [9.17, 15) is 0 Å². The molecule has 2 aromatic carbocycles. The van der Waals surface area contributed by atoms with Crippen LogP contribution in [-0.4, -0.2) is 4.98 Å². The molecule has 0 spiro atoms. The molecule has 0 fully saturated rings. The molecule has 0 amide bonds. The van der Waals surface area contributed by atoms with Crippen molar-refractivity contribution in [3.63, 3.8) is 0 Å². The first-order valence-corrected chi connectivity index (χ1v) is 7.96. The Morgan fingerprint density at radius 1 is 0.818 bits per heavy atom. The second kappa shape index (κ2) is 5.57. The minimum atomic E-state index is 0.115. The maximum atomic E-state index is 4.88. The summed E-state index contributed by atoms with van der Waals surface area (Å²) in [5, 5.41) is 1.19. The maximum absolute atomic E-state index is 4.88. The Bertz CT molecular complexity index is 800. The van der Waals surface area contributed by atoms with Gasteiger partial charge in [0, 0.05) is 10.9 Å². The van der Waals surface area contributed by atoms with E-state index in [1.165, 1.54) is 16.5 Å². The summed E-state index contributed by atoms with van der Waals surface area (Å²) in [6.45, 7) is 9.20. The molecule has 0 saturated heterocycles. The highest BCUT2D eigenvalue weighted by atomic mass is 14.7. The summed E-state index contributed by atoms with van der Waals surface area (Å²) in [4.78, 5) is 4.88. The van der Waals surface area contributed by atoms with Crippen LogP contribution < -0.4 is 0 Å². The van der Waals surface area contributed by atoms with E-state index in [2.05, 4.69) is 82.3 Å². The fraction of sp³-hybridized carbons (Fsp3) is 0.286. The van der Waals surface area contributed by atoms with Gasteiger partial charge in [-0.15, -0.1) is 0 Å². The molecular formula is C21H23N. The molecule has 1 heteroatoms. The molecule has 1 nitrogen and oxygen atoms in total. The third kappa shape index (κ3) is 2.52. The second-order valence-corrected chi connectivity index (χ2v) is 6.81. The molecule has 1 heterocycles. The quantitative estimate of drug-likeness (QED) is 0.590. The highest BCUT2D eigenvalue weighted by Gasteiger charge is 2.27. The van der Waals surface area contributed by atoms with Crippen LogP contribution in [0.15, 0.2) is 60.7 Å². The van der Waals surface area contributed by atoms with Crippen LogP contribution in [0.4, 0.5) is 0 Å². The van der Waals surface area contributed by atoms with E-state index in [1.54, 1.807) is 0 Å². The Balaban J connectivity index is 2.19. The minimum Gasteiger partial charge on any atom is -0.248 e. The number of rotatable bonds is 3. The van der Waals surface area contributed by atoms with Crippen molar-refractivity contribution in [3.8, 4) is 11.3 Å². The number of hydrogen-bond acceptors (Lipinski definition) is 1. The Labute approximate surface area is 133 Å². The van der Waals surface area contributed by atoms with Gasteiger partial charge in [0.2, 0.25) is 0 Å². The molecule has 3 aromatic rings. The average Bonchev–Trinajstić information content (AvgIpc) is 2.54. The van der Waals surface area contributed by atoms with Crippen molar-refractivity contribution in [1.29, 1.82) is 0 Å². The van der Waals surface area contributed by atoms with Crippen LogP contribution in [0.25, 0.3) is 22.2 Å². The number of nitrogens with zero attached hydrogens (tertiary/aromatic N) is 1. The van der Waals surface area contributed by atoms with Crippen molar-refractivity contribution >= 4 is 10.9 Å². The van der Waals surface area contributed by atoms with Gasteiger partial charge in [-0.25, -0.2) is 4.98 Å². The van der Waals surface area contributed by atoms with E-state index in [4.69, 9.17) is 4.98 Å². The fourth-order valence-electron chi connectivity index (χ4n) is 2.80. The van der Waals surface area contributed by atoms with E-state index in [0.29, 0.717) is 5.92 Å². The average molecular weight is 289 g/mol. The Morgan fingerprint density at radius 3 is 2.27 bits per heavy atom. The van der Waals surface area contributed by atoms with Crippen molar-refractivity contribution in [2.45, 2.75) is 33.1 Å². The van der Waals surface area contributed by atoms with E-state index in [1.807, 2.05) is 6.07 Å². The summed E-state index contributed by atoms with van der Waals surface area (Å²) in [5.41, 5.74) is 4.84. The lowest BCUT2D eigenvalue weighted by Crippen LogP contribution is -2.25. The number of pyridine rings is 1. The van der Waals surface area contributed by atoms with Crippen LogP contribution in [-0.2, 0) is 5.41 Å². The van der Waals surface area contributed by atoms with Crippen LogP contribution in [0, 0.1) is 5.92 Å². The van der Waals surface area contributed by atoms with Crippen molar-refractivity contribution in [2.75, 3.05) is 0 Å². The van der Waals surface area contributed by atoms with E-state index >= 15 is 0 Å². The van der Waals surface area contributed by atoms with Gasteiger partial charge in [0.15, 0.2) is 0 Å². The first-order valence-electron chi connectivity index (χ1n) is 7.96. The third-order valence-corrected chi connectivity index (χ3v) is 4.94. The molecule has 3 rings (SSSR count). The molecule has 0 bridgehead atoms. The minimum absolute atomic E-state index is 0.115. The number of fused-ring (bicyclic) bond motifs is 1. The van der Waals surface area contributed by atoms with Gasteiger partial charge in [0.25, 0.3) is 0 Å². The zero-order valence-corrected chi connectivity index (χ0v) is 13.8. The Morgan fingerprint density at radius 2 is 1.50 bits per heavy atom. The van der Waals surface area contributed by atoms with Crippen LogP contribution in [0.3, 0.4) is 0 Å². The standard InChI is InChI=1S/C21H23N/c1-15(2)21(3,4)18-11-7-6-10-17(18)20-14-13-16-9-5-8-12-19(16)22-20/h5-15H,1-4H3. The van der Waals surface area contributed by atoms with Gasteiger partial charge in [-0.2, -0.15) is 0 Å². The number of hydrogen-bond donors (Lipinski definition) is 0. The molecule has 22 heavy (non-hydrogen) atoms. The summed E-state index contributed by atoms with van der Waals surface area (Å²) < 4.78 is 0. The highest BCUT2D eigenvalue weighted by molar-refractivity contribution is 5.82. The Kier molecular flexibility index (Phi) is 3.74. The van der Waals surface area contributed by atoms with Gasteiger partial charge >= 0.3 is 0 Å². The van der Waals surface area contributed by atoms with Gasteiger partial charge in [-0.05, 0) is 29.0 Å². The summed E-state index contributed by atoms with van der Waals surface area (Å²) >= 11 is 0. The lowest BCUT2D eigenvalue weighted by molar-refractivity contribution is 0.373. The smallest absolute Gasteiger partial charge is 0.0712 e. The first kappa shape index (κ1) is 14.8. The summed E-state index contributed by atoms with van der Waals surface area (Å²) in [6.07, 6.45) is 0. The molecule has 0 radical (unpaired) electrons. The molecule has 0 N–H and O–H groups in total. The summed E-state index contributed by atoms with van der Waals surface area (Å²) in [7, 11) is 0. The van der Waals surface area contributed by atoms with Crippen molar-refractivity contribution < 1.29 is 0 Å². The van der Waals surface area contributed by atoms with E-state index in [-0.39, 0.29) is 5.41 Å². The van der Waals surface area contributed by atoms with Crippen molar-refractivity contribution in [1.82, 2.24) is 4.98 Å². The molecular weight excluding hydrogens is 266 g/mol. The van der Waals surface area contributed by atoms with Gasteiger partial charge in [-0.3, -0.25) is 0 Å². The summed E-state index contributed by atoms with van der Waals surface area (Å²) in [5.74, 6) is 0.564. The number of aromatic nitrogens is 1. The fourth-order valence-corrected chi connectivity index (χ4v) is 2.80. The Hall–Kier alpha value is -2.15. The molecule has 1 aromatic heterocycles. The SMILES string of the molecule is CC(C)C(C)(C)c1ccccc1-c1ccc2ccccc2n1. The largest absolute Gasteiger partial charge is 0.248 e. The molecule has 112 valence electrons. The molecule has 0 aliphatic heterocycles. The van der Waals surface area contributed by atoms with Crippen LogP contribution in [0.5, 0.6) is 0 Å². The molecule has 0 saturated carbocycles. The van der Waals surface area contributed by atoms with Crippen LogP contribution >= 0.6 is 0 Å². The van der Waals surface area contributed by atoms with Crippen molar-refractivity contribution in [2.24, 2.45) is 5.92 Å². The number of benzene rings is 2. The molecule has 0 aliphatic carbocycles. The lowest BCUT2D eigenvalue weighted by atomic mass is 9.73. The highest BCUT2D eigenvalue weighted by Crippen LogP contribution is 2.37. The van der Waals surface area contributed by atoms with E-state index in [0.717, 1.165) is 11.2 Å². The second-order valence-electron chi connectivity index (χ2n) is 6.81. The monoisotopic (exact) mass is 289 g/mol. The maximum Gasteiger partial charge on any atom is 0.0712 e. The first-order chi connectivity index (χ1) is 10.5. The topological polar surface area (TPSA) is 12.9 Å². The predicted molar refractivity (Wildman–Crippen MR) is 95.0 cm³/mol. The van der Waals surface area contributed by atoms with Gasteiger partial charge < -0.3 is 0 Å². The van der Waals surface area contributed by atoms with E-state index < -0.39 is 0 Å². The van der Waals surface area contributed by atoms with Gasteiger partial charge in [0.05, 0.1) is 11.2 Å². The third-order valence-electron chi connectivity index (χ3n) is 4.94. The molecule has 0 aliphatic rings. The van der Waals surface area contributed by atoms with Gasteiger partial charge in [0.1, 0.15) is 0 Å². The lowest BCUT2D eigenvalue weighted by Gasteiger charge is -2.32. The van der Waals surface area contributed by atoms with Crippen molar-refractivity contribution in [3.05, 3.63) is 66.2 Å². The molecule has 0 unspecified atom stereocenters. The molecule has 0 atom stereocenters. The van der Waals surface area contributed by atoms with Crippen LogP contribution in [0.1, 0.15) is 33.3 Å². The normalized spacial score (nSPS) is 12.0. The summed E-state index contributed by atoms with van der Waals surface area (Å²) in [6, 6.07) is 21.3. The zero-order chi connectivity index (χ0) is 15.7. The number of para-hydroxylation sites is 1.